The number of rotatable bonds is 4. The fraction of sp³-hybridized carbons (Fsp3) is 0.923. The lowest BCUT2D eigenvalue weighted by Gasteiger charge is -2.36. The molecule has 4 nitrogen and oxygen atoms in total. The maximum Gasteiger partial charge on any atom is 0.221 e. The number of hydrogen-bond donors (Lipinski definition) is 2. The monoisotopic (exact) mass is 239 g/mol. The van der Waals surface area contributed by atoms with Crippen molar-refractivity contribution in [2.45, 2.75) is 57.0 Å². The van der Waals surface area contributed by atoms with E-state index in [-0.39, 0.29) is 5.91 Å². The van der Waals surface area contributed by atoms with Crippen molar-refractivity contribution >= 4 is 5.91 Å². The minimum atomic E-state index is 0.117. The van der Waals surface area contributed by atoms with Crippen LogP contribution >= 0.6 is 0 Å². The molecule has 0 spiro atoms. The van der Waals surface area contributed by atoms with Crippen molar-refractivity contribution in [3.05, 3.63) is 0 Å². The molecule has 98 valence electrons. The van der Waals surface area contributed by atoms with Crippen molar-refractivity contribution in [2.24, 2.45) is 5.73 Å². The van der Waals surface area contributed by atoms with Crippen LogP contribution in [0.5, 0.6) is 0 Å². The molecule has 2 aliphatic rings. The molecule has 1 aliphatic heterocycles. The zero-order valence-corrected chi connectivity index (χ0v) is 10.7. The van der Waals surface area contributed by atoms with Crippen molar-refractivity contribution in [2.75, 3.05) is 19.6 Å². The first kappa shape index (κ1) is 12.8. The van der Waals surface area contributed by atoms with Gasteiger partial charge in [-0.05, 0) is 25.7 Å². The second-order valence-electron chi connectivity index (χ2n) is 5.35. The Morgan fingerprint density at radius 3 is 2.41 bits per heavy atom. The number of likely N-dealkylation sites (tertiary alicyclic amines) is 1. The van der Waals surface area contributed by atoms with E-state index in [1.54, 1.807) is 0 Å². The van der Waals surface area contributed by atoms with Gasteiger partial charge in [0.1, 0.15) is 0 Å². The zero-order valence-electron chi connectivity index (χ0n) is 10.7. The second kappa shape index (κ2) is 6.36. The van der Waals surface area contributed by atoms with Gasteiger partial charge in [-0.15, -0.1) is 0 Å². The number of nitrogens with two attached hydrogens (primary N) is 1. The van der Waals surface area contributed by atoms with E-state index in [2.05, 4.69) is 10.2 Å². The summed E-state index contributed by atoms with van der Waals surface area (Å²) in [6.07, 6.45) is 8.23. The number of nitrogens with zero attached hydrogens (tertiary/aromatic N) is 1. The first-order chi connectivity index (χ1) is 8.29. The summed E-state index contributed by atoms with van der Waals surface area (Å²) >= 11 is 0. The number of carbonyl (C=O) groups excluding carboxylic acids is 1. The van der Waals surface area contributed by atoms with Crippen LogP contribution < -0.4 is 11.1 Å². The molecule has 1 saturated heterocycles. The molecule has 0 bridgehead atoms. The Hall–Kier alpha value is -0.610. The van der Waals surface area contributed by atoms with Gasteiger partial charge in [0, 0.05) is 38.1 Å². The number of piperidine rings is 1. The lowest BCUT2D eigenvalue weighted by Crippen LogP contribution is -2.47. The molecule has 3 N–H and O–H groups in total. The van der Waals surface area contributed by atoms with Crippen LogP contribution in [-0.4, -0.2) is 42.5 Å². The van der Waals surface area contributed by atoms with Crippen LogP contribution in [0.1, 0.15) is 44.9 Å². The Labute approximate surface area is 104 Å². The van der Waals surface area contributed by atoms with E-state index in [4.69, 9.17) is 5.73 Å². The molecule has 0 aromatic rings. The van der Waals surface area contributed by atoms with Crippen LogP contribution in [-0.2, 0) is 4.79 Å². The van der Waals surface area contributed by atoms with E-state index in [1.165, 1.54) is 25.7 Å². The van der Waals surface area contributed by atoms with Gasteiger partial charge >= 0.3 is 0 Å². The molecule has 4 heteroatoms. The summed E-state index contributed by atoms with van der Waals surface area (Å²) in [5.74, 6) is 0.117. The topological polar surface area (TPSA) is 58.4 Å². The zero-order chi connectivity index (χ0) is 12.1. The molecule has 0 aromatic carbocycles. The summed E-state index contributed by atoms with van der Waals surface area (Å²) in [5.41, 5.74) is 5.37. The average molecular weight is 239 g/mol. The highest BCUT2D eigenvalue weighted by Gasteiger charge is 2.27. The van der Waals surface area contributed by atoms with Crippen molar-refractivity contribution in [3.8, 4) is 0 Å². The van der Waals surface area contributed by atoms with Crippen LogP contribution in [0.15, 0.2) is 0 Å². The third kappa shape index (κ3) is 3.68. The Bertz CT molecular complexity index is 243. The summed E-state index contributed by atoms with van der Waals surface area (Å²) in [5, 5.41) is 3.09. The molecule has 0 aromatic heterocycles. The molecule has 2 fully saturated rings. The summed E-state index contributed by atoms with van der Waals surface area (Å²) in [7, 11) is 0. The highest BCUT2D eigenvalue weighted by atomic mass is 16.1. The Morgan fingerprint density at radius 1 is 1.18 bits per heavy atom. The summed E-state index contributed by atoms with van der Waals surface area (Å²) < 4.78 is 0. The molecule has 0 atom stereocenters. The van der Waals surface area contributed by atoms with Crippen LogP contribution in [0.3, 0.4) is 0 Å². The van der Waals surface area contributed by atoms with E-state index in [0.29, 0.717) is 19.0 Å². The maximum atomic E-state index is 11.4. The molecule has 2 rings (SSSR count). The van der Waals surface area contributed by atoms with Crippen molar-refractivity contribution < 1.29 is 4.79 Å². The first-order valence-corrected chi connectivity index (χ1v) is 7.03. The lowest BCUT2D eigenvalue weighted by atomic mass is 10.0. The van der Waals surface area contributed by atoms with Crippen molar-refractivity contribution in [1.82, 2.24) is 10.2 Å². The summed E-state index contributed by atoms with van der Waals surface area (Å²) in [6.45, 7) is 2.75. The van der Waals surface area contributed by atoms with Crippen molar-refractivity contribution in [3.63, 3.8) is 0 Å². The van der Waals surface area contributed by atoms with E-state index >= 15 is 0 Å². The van der Waals surface area contributed by atoms with Crippen LogP contribution in [0.25, 0.3) is 0 Å². The minimum absolute atomic E-state index is 0.117. The number of hydrogen-bond acceptors (Lipinski definition) is 3. The highest BCUT2D eigenvalue weighted by molar-refractivity contribution is 5.76. The van der Waals surface area contributed by atoms with Gasteiger partial charge in [0.15, 0.2) is 0 Å². The third-order valence-electron chi connectivity index (χ3n) is 4.11. The summed E-state index contributed by atoms with van der Waals surface area (Å²) in [4.78, 5) is 14.1. The van der Waals surface area contributed by atoms with Crippen LogP contribution in [0.2, 0.25) is 0 Å². The number of carbonyl (C=O) groups is 1. The van der Waals surface area contributed by atoms with Gasteiger partial charge in [-0.25, -0.2) is 0 Å². The second-order valence-corrected chi connectivity index (χ2v) is 5.35. The predicted molar refractivity (Wildman–Crippen MR) is 68.7 cm³/mol. The third-order valence-corrected chi connectivity index (χ3v) is 4.11. The number of amides is 1. The van der Waals surface area contributed by atoms with Gasteiger partial charge in [0.25, 0.3) is 0 Å². The lowest BCUT2D eigenvalue weighted by molar-refractivity contribution is -0.121. The van der Waals surface area contributed by atoms with E-state index < -0.39 is 0 Å². The molecule has 0 radical (unpaired) electrons. The first-order valence-electron chi connectivity index (χ1n) is 7.03. The summed E-state index contributed by atoms with van der Waals surface area (Å²) in [6, 6.07) is 1.21. The van der Waals surface area contributed by atoms with Gasteiger partial charge in [-0.3, -0.25) is 4.79 Å². The van der Waals surface area contributed by atoms with Gasteiger partial charge < -0.3 is 16.0 Å². The smallest absolute Gasteiger partial charge is 0.221 e. The molecule has 1 heterocycles. The molecule has 17 heavy (non-hydrogen) atoms. The maximum absolute atomic E-state index is 11.4. The van der Waals surface area contributed by atoms with E-state index in [9.17, 15) is 4.79 Å². The van der Waals surface area contributed by atoms with Gasteiger partial charge in [-0.1, -0.05) is 12.8 Å². The van der Waals surface area contributed by atoms with Crippen LogP contribution in [0.4, 0.5) is 0 Å². The average Bonchev–Trinajstić information content (AvgIpc) is 2.84. The van der Waals surface area contributed by atoms with Crippen molar-refractivity contribution in [1.29, 1.82) is 0 Å². The Kier molecular flexibility index (Phi) is 4.80. The Balaban J connectivity index is 1.68. The van der Waals surface area contributed by atoms with Gasteiger partial charge in [0.05, 0.1) is 0 Å². The fourth-order valence-electron chi connectivity index (χ4n) is 3.11. The quantitative estimate of drug-likeness (QED) is 0.765. The Morgan fingerprint density at radius 2 is 1.82 bits per heavy atom. The molecule has 1 amide bonds. The number of nitrogens with one attached hydrogen (secondary N) is 1. The molecule has 1 saturated carbocycles. The SMILES string of the molecule is NCCC(=O)NC1CCN(C2CCCC2)CC1. The standard InChI is InChI=1S/C13H25N3O/c14-8-5-13(17)15-11-6-9-16(10-7-11)12-3-1-2-4-12/h11-12H,1-10,14H2,(H,15,17). The normalized spacial score (nSPS) is 24.1. The minimum Gasteiger partial charge on any atom is -0.353 e. The predicted octanol–water partition coefficient (Wildman–Crippen LogP) is 0.858. The highest BCUT2D eigenvalue weighted by Crippen LogP contribution is 2.26. The molecule has 0 unspecified atom stereocenters. The largest absolute Gasteiger partial charge is 0.353 e. The van der Waals surface area contributed by atoms with Gasteiger partial charge in [0.2, 0.25) is 5.91 Å². The van der Waals surface area contributed by atoms with Gasteiger partial charge in [-0.2, -0.15) is 0 Å². The van der Waals surface area contributed by atoms with Crippen LogP contribution in [0, 0.1) is 0 Å². The van der Waals surface area contributed by atoms with E-state index in [0.717, 1.165) is 32.0 Å². The molecular formula is C13H25N3O. The van der Waals surface area contributed by atoms with E-state index in [1.807, 2.05) is 0 Å². The molecule has 1 aliphatic carbocycles. The molecular weight excluding hydrogens is 214 g/mol. The fourth-order valence-corrected chi connectivity index (χ4v) is 3.11.